The predicted molar refractivity (Wildman–Crippen MR) is 234 cm³/mol. The van der Waals surface area contributed by atoms with E-state index in [0.717, 1.165) is 6.07 Å². The molecule has 21 nitrogen and oxygen atoms in total. The van der Waals surface area contributed by atoms with Crippen LogP contribution in [0.3, 0.4) is 0 Å². The number of aliphatic imine (C=N–C) groups is 1. The molecule has 0 spiro atoms. The van der Waals surface area contributed by atoms with Crippen molar-refractivity contribution >= 4 is 63.8 Å². The average Bonchev–Trinajstić information content (AvgIpc) is 3.54. The third kappa shape index (κ3) is 14.5. The monoisotopic (exact) mass is 861 g/mol. The van der Waals surface area contributed by atoms with Crippen molar-refractivity contribution in [3.63, 3.8) is 0 Å². The molecule has 0 unspecified atom stereocenters. The molecule has 334 valence electrons. The summed E-state index contributed by atoms with van der Waals surface area (Å²) < 4.78 is 17.3. The van der Waals surface area contributed by atoms with Gasteiger partial charge in [-0.1, -0.05) is 24.3 Å². The van der Waals surface area contributed by atoms with Gasteiger partial charge in [-0.2, -0.15) is 0 Å². The Morgan fingerprint density at radius 2 is 1.68 bits per heavy atom. The van der Waals surface area contributed by atoms with E-state index in [1.165, 1.54) is 42.4 Å². The smallest absolute Gasteiger partial charge is 0.410 e. The number of ether oxygens (including phenoxy) is 3. The lowest BCUT2D eigenvalue weighted by atomic mass is 10.1. The third-order valence-electron chi connectivity index (χ3n) is 8.53. The number of benzene rings is 2. The van der Waals surface area contributed by atoms with Crippen LogP contribution in [0.5, 0.6) is 5.75 Å². The lowest BCUT2D eigenvalue weighted by Crippen LogP contribution is -2.53. The number of primary amides is 2. The lowest BCUT2D eigenvalue weighted by molar-refractivity contribution is -0.384. The molecule has 2 aromatic carbocycles. The van der Waals surface area contributed by atoms with Crippen molar-refractivity contribution < 1.29 is 43.1 Å². The fourth-order valence-electron chi connectivity index (χ4n) is 5.70. The normalized spacial score (nSPS) is 13.6. The number of fused-ring (bicyclic) bond motifs is 1. The Morgan fingerprint density at radius 3 is 2.26 bits per heavy atom. The van der Waals surface area contributed by atoms with Crippen LogP contribution < -0.4 is 32.6 Å². The highest BCUT2D eigenvalue weighted by atomic mass is 16.6. The fraction of sp³-hybridized carbons (Fsp3) is 0.390. The summed E-state index contributed by atoms with van der Waals surface area (Å²) in [6.45, 7) is 11.7. The maximum Gasteiger partial charge on any atom is 0.410 e. The fourth-order valence-corrected chi connectivity index (χ4v) is 5.70. The summed E-state index contributed by atoms with van der Waals surface area (Å²) in [5.41, 5.74) is 17.3. The molecule has 0 aliphatic carbocycles. The molecule has 0 radical (unpaired) electrons. The van der Waals surface area contributed by atoms with Crippen LogP contribution in [0.1, 0.15) is 55.3 Å². The van der Waals surface area contributed by atoms with Gasteiger partial charge in [0.1, 0.15) is 34.8 Å². The Balaban J connectivity index is 0.000000428. The van der Waals surface area contributed by atoms with Crippen LogP contribution in [0.25, 0.3) is 11.0 Å². The molecule has 3 aromatic rings. The Labute approximate surface area is 358 Å². The largest absolute Gasteiger partial charge is 0.494 e. The van der Waals surface area contributed by atoms with Crippen molar-refractivity contribution in [3.8, 4) is 5.75 Å². The molecule has 1 fully saturated rings. The number of nitro benzene ring substituents is 1. The second kappa shape index (κ2) is 22.9. The molecular weight excluding hydrogens is 807 g/mol. The molecule has 5 amide bonds. The summed E-state index contributed by atoms with van der Waals surface area (Å²) in [6.07, 6.45) is 8.22. The Hall–Kier alpha value is -7.29. The first-order valence-electron chi connectivity index (χ1n) is 19.3. The molecule has 1 saturated heterocycles. The highest BCUT2D eigenvalue weighted by molar-refractivity contribution is 6.47. The van der Waals surface area contributed by atoms with Crippen LogP contribution in [0.4, 0.5) is 22.1 Å². The zero-order valence-corrected chi connectivity index (χ0v) is 35.9. The molecule has 0 saturated carbocycles. The average molecular weight is 862 g/mol. The van der Waals surface area contributed by atoms with Gasteiger partial charge in [-0.05, 0) is 65.0 Å². The summed E-state index contributed by atoms with van der Waals surface area (Å²) in [6, 6.07) is 6.84. The van der Waals surface area contributed by atoms with Gasteiger partial charge in [0.05, 0.1) is 24.2 Å². The number of anilines is 2. The van der Waals surface area contributed by atoms with Gasteiger partial charge in [0.15, 0.2) is 0 Å². The maximum atomic E-state index is 13.1. The number of nitro groups is 1. The SMILES string of the molecule is CCN=C(/C=C(/C)N)C(=O)Nc1nc2cc(C(N)=O)cc(OC)c2n1C/C=C/CNc1ccc(C(N)=O)cc1[N+](=O)[O-].COC/C=C\CN1CCN(C(=O)OC(C)(C)C)CC1=O. The van der Waals surface area contributed by atoms with Crippen LogP contribution in [0.15, 0.2) is 71.4 Å². The molecule has 8 N–H and O–H groups in total. The van der Waals surface area contributed by atoms with Gasteiger partial charge in [-0.15, -0.1) is 0 Å². The van der Waals surface area contributed by atoms with Crippen LogP contribution in [-0.2, 0) is 25.6 Å². The Morgan fingerprint density at radius 1 is 0.984 bits per heavy atom. The summed E-state index contributed by atoms with van der Waals surface area (Å²) in [7, 11) is 3.04. The molecule has 4 rings (SSSR count). The number of nitrogens with zero attached hydrogens (tertiary/aromatic N) is 6. The number of methoxy groups -OCH3 is 2. The third-order valence-corrected chi connectivity index (χ3v) is 8.53. The van der Waals surface area contributed by atoms with Crippen LogP contribution in [0, 0.1) is 10.1 Å². The number of nitrogens with one attached hydrogen (secondary N) is 2. The molecule has 62 heavy (non-hydrogen) atoms. The van der Waals surface area contributed by atoms with Crippen LogP contribution in [-0.4, -0.2) is 125 Å². The minimum atomic E-state index is -0.777. The quantitative estimate of drug-likeness (QED) is 0.0564. The molecule has 0 bridgehead atoms. The highest BCUT2D eigenvalue weighted by Crippen LogP contribution is 2.31. The summed E-state index contributed by atoms with van der Waals surface area (Å²) in [4.78, 5) is 82.8. The number of amides is 5. The van der Waals surface area contributed by atoms with E-state index in [2.05, 4.69) is 20.6 Å². The number of rotatable bonds is 17. The number of aromatic nitrogens is 2. The van der Waals surface area contributed by atoms with Crippen molar-refractivity contribution in [1.82, 2.24) is 19.4 Å². The van der Waals surface area contributed by atoms with E-state index in [1.807, 2.05) is 32.9 Å². The first kappa shape index (κ1) is 49.1. The van der Waals surface area contributed by atoms with Gasteiger partial charge < -0.3 is 46.2 Å². The lowest BCUT2D eigenvalue weighted by Gasteiger charge is -2.34. The van der Waals surface area contributed by atoms with Gasteiger partial charge in [0.25, 0.3) is 11.6 Å². The molecule has 2 heterocycles. The molecule has 0 atom stereocenters. The van der Waals surface area contributed by atoms with Gasteiger partial charge in [-0.25, -0.2) is 9.78 Å². The van der Waals surface area contributed by atoms with E-state index in [-0.39, 0.29) is 59.7 Å². The number of allylic oxidation sites excluding steroid dienone is 2. The van der Waals surface area contributed by atoms with Crippen molar-refractivity contribution in [3.05, 3.63) is 87.7 Å². The van der Waals surface area contributed by atoms with Crippen molar-refractivity contribution in [2.24, 2.45) is 22.2 Å². The van der Waals surface area contributed by atoms with Crippen molar-refractivity contribution in [2.75, 3.05) is 70.7 Å². The summed E-state index contributed by atoms with van der Waals surface area (Å²) >= 11 is 0. The zero-order valence-electron chi connectivity index (χ0n) is 35.9. The van der Waals surface area contributed by atoms with E-state index < -0.39 is 34.3 Å². The van der Waals surface area contributed by atoms with Crippen LogP contribution in [0.2, 0.25) is 0 Å². The van der Waals surface area contributed by atoms with Crippen molar-refractivity contribution in [1.29, 1.82) is 0 Å². The van der Waals surface area contributed by atoms with Gasteiger partial charge in [0.2, 0.25) is 23.7 Å². The molecule has 1 aliphatic heterocycles. The molecular formula is C41H55N11O10. The second-order valence-corrected chi connectivity index (χ2v) is 14.5. The summed E-state index contributed by atoms with van der Waals surface area (Å²) in [5, 5.41) is 17.1. The number of nitrogens with two attached hydrogens (primary N) is 3. The minimum Gasteiger partial charge on any atom is -0.494 e. The standard InChI is InChI=1S/C27H31N9O6.C14H24N2O4/c1-4-31-20(11-15(2)28)26(39)34-27-33-19-12-17(25(30)38)14-22(42-3)23(19)35(27)10-6-5-9-32-18-8-7-16(24(29)37)13-21(18)36(40)41;1-14(2,3)20-13(18)16-9-8-15(12(17)11-16)7-5-6-10-19-4/h5-8,11-14,32H,4,9-10,28H2,1-3H3,(H2,29,37)(H2,30,38)(H,33,34,39);5-6H,7-11H2,1-4H3/b6-5+,15-11-,31-20?;6-5-. The number of carbonyl (C=O) groups excluding carboxylic acids is 5. The van der Waals surface area contributed by atoms with E-state index in [0.29, 0.717) is 55.3 Å². The molecule has 21 heteroatoms. The van der Waals surface area contributed by atoms with E-state index in [4.69, 9.17) is 31.4 Å². The van der Waals surface area contributed by atoms with E-state index in [1.54, 1.807) is 42.6 Å². The second-order valence-electron chi connectivity index (χ2n) is 14.5. The van der Waals surface area contributed by atoms with Crippen LogP contribution >= 0.6 is 0 Å². The minimum absolute atomic E-state index is 0.0158. The van der Waals surface area contributed by atoms with Crippen molar-refractivity contribution in [2.45, 2.75) is 46.8 Å². The predicted octanol–water partition coefficient (Wildman–Crippen LogP) is 3.35. The van der Waals surface area contributed by atoms with E-state index in [9.17, 15) is 34.1 Å². The maximum absolute atomic E-state index is 13.1. The number of imidazole rings is 1. The number of hydrogen-bond donors (Lipinski definition) is 5. The highest BCUT2D eigenvalue weighted by Gasteiger charge is 2.30. The Kier molecular flexibility index (Phi) is 18.1. The van der Waals surface area contributed by atoms with E-state index >= 15 is 0 Å². The molecule has 1 aromatic heterocycles. The Bertz CT molecular complexity index is 2250. The molecule has 1 aliphatic rings. The first-order valence-corrected chi connectivity index (χ1v) is 19.3. The number of carbonyl (C=O) groups is 5. The van der Waals surface area contributed by atoms with Gasteiger partial charge in [0, 0.05) is 69.3 Å². The van der Waals surface area contributed by atoms with Gasteiger partial charge in [-0.3, -0.25) is 44.5 Å². The zero-order chi connectivity index (χ0) is 46.1. The summed E-state index contributed by atoms with van der Waals surface area (Å²) in [5.74, 6) is -1.64. The topological polar surface area (TPSA) is 295 Å². The van der Waals surface area contributed by atoms with Gasteiger partial charge >= 0.3 is 6.09 Å². The number of hydrogen-bond acceptors (Lipinski definition) is 14. The number of piperazine rings is 1. The first-order chi connectivity index (χ1) is 29.3.